The summed E-state index contributed by atoms with van der Waals surface area (Å²) in [7, 11) is 2.12. The molecule has 0 N–H and O–H groups in total. The molecule has 1 heteroatoms. The van der Waals surface area contributed by atoms with Crippen LogP contribution in [-0.4, -0.2) is 0 Å². The number of aromatic nitrogens is 1. The zero-order chi connectivity index (χ0) is 22.8. The summed E-state index contributed by atoms with van der Waals surface area (Å²) in [5.74, 6) is 0. The monoisotopic (exact) mass is 426 g/mol. The Morgan fingerprint density at radius 2 is 1.00 bits per heavy atom. The normalized spacial score (nSPS) is 10.9. The molecule has 0 bridgehead atoms. The Hall–Kier alpha value is -3.97. The molecule has 5 aromatic rings. The fraction of sp³-hybridized carbons (Fsp3) is 0.0938. The summed E-state index contributed by atoms with van der Waals surface area (Å²) in [5, 5.41) is 0. The molecule has 0 fully saturated rings. The van der Waals surface area contributed by atoms with Crippen LogP contribution in [-0.2, 0) is 7.05 Å². The van der Waals surface area contributed by atoms with Crippen molar-refractivity contribution in [3.63, 3.8) is 0 Å². The number of nitrogens with zero attached hydrogens (tertiary/aromatic N) is 1. The summed E-state index contributed by atoms with van der Waals surface area (Å²) in [4.78, 5) is 0. The van der Waals surface area contributed by atoms with Gasteiger partial charge in [0.15, 0.2) is 6.20 Å². The number of pyridine rings is 1. The second-order valence-electron chi connectivity index (χ2n) is 8.74. The second-order valence-corrected chi connectivity index (χ2v) is 8.74. The molecule has 0 saturated carbocycles. The van der Waals surface area contributed by atoms with E-state index in [1.54, 1.807) is 0 Å². The smallest absolute Gasteiger partial charge is 0.201 e. The average molecular weight is 427 g/mol. The van der Waals surface area contributed by atoms with Crippen molar-refractivity contribution in [3.8, 4) is 44.6 Å². The van der Waals surface area contributed by atoms with Gasteiger partial charge in [0.2, 0.25) is 5.69 Å². The molecule has 1 nitrogen and oxygen atoms in total. The first-order valence-corrected chi connectivity index (χ1v) is 11.4. The van der Waals surface area contributed by atoms with Crippen LogP contribution in [0.4, 0.5) is 0 Å². The molecule has 0 aliphatic rings. The molecule has 1 aromatic heterocycles. The minimum Gasteiger partial charge on any atom is -0.201 e. The summed E-state index contributed by atoms with van der Waals surface area (Å²) < 4.78 is 2.22. The molecular formula is C32H28N+. The lowest BCUT2D eigenvalue weighted by Gasteiger charge is -2.17. The van der Waals surface area contributed by atoms with Crippen molar-refractivity contribution >= 4 is 0 Å². The molecule has 0 radical (unpaired) electrons. The van der Waals surface area contributed by atoms with Crippen LogP contribution in [0, 0.1) is 13.8 Å². The molecule has 0 unspecified atom stereocenters. The molecule has 0 aliphatic heterocycles. The molecule has 1 heterocycles. The van der Waals surface area contributed by atoms with Crippen LogP contribution in [0.15, 0.2) is 115 Å². The fourth-order valence-electron chi connectivity index (χ4n) is 4.42. The van der Waals surface area contributed by atoms with Gasteiger partial charge < -0.3 is 0 Å². The van der Waals surface area contributed by atoms with Crippen LogP contribution < -0.4 is 4.57 Å². The lowest BCUT2D eigenvalue weighted by molar-refractivity contribution is -0.660. The first kappa shape index (κ1) is 20.9. The highest BCUT2D eigenvalue weighted by Crippen LogP contribution is 2.42. The number of hydrogen-bond donors (Lipinski definition) is 0. The predicted molar refractivity (Wildman–Crippen MR) is 139 cm³/mol. The first-order chi connectivity index (χ1) is 16.1. The number of benzene rings is 4. The molecule has 4 aromatic carbocycles. The van der Waals surface area contributed by atoms with E-state index < -0.39 is 0 Å². The van der Waals surface area contributed by atoms with Crippen molar-refractivity contribution in [2.24, 2.45) is 7.05 Å². The van der Waals surface area contributed by atoms with Gasteiger partial charge in [-0.05, 0) is 65.4 Å². The van der Waals surface area contributed by atoms with Crippen molar-refractivity contribution in [2.75, 3.05) is 0 Å². The minimum absolute atomic E-state index is 1.20. The maximum Gasteiger partial charge on any atom is 0.213 e. The topological polar surface area (TPSA) is 3.88 Å². The molecule has 0 aliphatic carbocycles. The van der Waals surface area contributed by atoms with E-state index in [0.29, 0.717) is 0 Å². The van der Waals surface area contributed by atoms with Gasteiger partial charge in [0.25, 0.3) is 0 Å². The van der Waals surface area contributed by atoms with E-state index >= 15 is 0 Å². The van der Waals surface area contributed by atoms with Gasteiger partial charge in [-0.15, -0.1) is 0 Å². The Balaban J connectivity index is 1.89. The van der Waals surface area contributed by atoms with Crippen LogP contribution in [0.2, 0.25) is 0 Å². The van der Waals surface area contributed by atoms with Crippen LogP contribution in [0.3, 0.4) is 0 Å². The lowest BCUT2D eigenvalue weighted by Crippen LogP contribution is -2.30. The molecule has 5 rings (SSSR count). The third kappa shape index (κ3) is 4.23. The van der Waals surface area contributed by atoms with E-state index in [2.05, 4.69) is 141 Å². The van der Waals surface area contributed by atoms with E-state index in [0.717, 1.165) is 0 Å². The van der Waals surface area contributed by atoms with E-state index in [1.165, 1.54) is 55.8 Å². The number of hydrogen-bond acceptors (Lipinski definition) is 0. The molecule has 0 spiro atoms. The Morgan fingerprint density at radius 3 is 1.52 bits per heavy atom. The van der Waals surface area contributed by atoms with Crippen molar-refractivity contribution in [1.82, 2.24) is 0 Å². The largest absolute Gasteiger partial charge is 0.213 e. The average Bonchev–Trinajstić information content (AvgIpc) is 2.85. The zero-order valence-corrected chi connectivity index (χ0v) is 19.4. The van der Waals surface area contributed by atoms with Crippen LogP contribution >= 0.6 is 0 Å². The fourth-order valence-corrected chi connectivity index (χ4v) is 4.42. The Labute approximate surface area is 196 Å². The summed E-state index contributed by atoms with van der Waals surface area (Å²) in [6, 6.07) is 39.5. The SMILES string of the molecule is Cc1ccc(-c2cc(-c3ccccc3)cc(-c3ccc(C)cc3)c2-c2cccc[n+]2C)cc1. The van der Waals surface area contributed by atoms with Crippen molar-refractivity contribution < 1.29 is 4.57 Å². The van der Waals surface area contributed by atoms with Gasteiger partial charge >= 0.3 is 0 Å². The van der Waals surface area contributed by atoms with Crippen molar-refractivity contribution in [3.05, 3.63) is 127 Å². The standard InChI is InChI=1S/C32H28N/c1-23-12-16-26(17-13-23)29-21-28(25-9-5-4-6-10-25)22-30(27-18-14-24(2)15-19-27)32(29)31-11-7-8-20-33(31)3/h4-22H,1-3H3/q+1. The highest BCUT2D eigenvalue weighted by molar-refractivity contribution is 5.96. The van der Waals surface area contributed by atoms with Gasteiger partial charge in [0, 0.05) is 12.1 Å². The van der Waals surface area contributed by atoms with Crippen LogP contribution in [0.5, 0.6) is 0 Å². The van der Waals surface area contributed by atoms with Gasteiger partial charge in [-0.25, -0.2) is 4.57 Å². The van der Waals surface area contributed by atoms with E-state index in [4.69, 9.17) is 0 Å². The lowest BCUT2D eigenvalue weighted by atomic mass is 9.86. The molecular weight excluding hydrogens is 398 g/mol. The molecule has 160 valence electrons. The van der Waals surface area contributed by atoms with Gasteiger partial charge in [0.05, 0.1) is 5.56 Å². The summed E-state index contributed by atoms with van der Waals surface area (Å²) in [6.07, 6.45) is 2.12. The molecule has 0 atom stereocenters. The zero-order valence-electron chi connectivity index (χ0n) is 19.4. The van der Waals surface area contributed by atoms with Gasteiger partial charge in [-0.2, -0.15) is 0 Å². The van der Waals surface area contributed by atoms with Crippen molar-refractivity contribution in [2.45, 2.75) is 13.8 Å². The van der Waals surface area contributed by atoms with E-state index in [9.17, 15) is 0 Å². The highest BCUT2D eigenvalue weighted by Gasteiger charge is 2.22. The minimum atomic E-state index is 1.20. The molecule has 0 amide bonds. The third-order valence-electron chi connectivity index (χ3n) is 6.28. The molecule has 33 heavy (non-hydrogen) atoms. The van der Waals surface area contributed by atoms with Crippen LogP contribution in [0.25, 0.3) is 44.6 Å². The Morgan fingerprint density at radius 1 is 0.485 bits per heavy atom. The van der Waals surface area contributed by atoms with Gasteiger partial charge in [-0.3, -0.25) is 0 Å². The third-order valence-corrected chi connectivity index (χ3v) is 6.28. The Kier molecular flexibility index (Phi) is 5.62. The maximum absolute atomic E-state index is 2.35. The van der Waals surface area contributed by atoms with Crippen molar-refractivity contribution in [1.29, 1.82) is 0 Å². The van der Waals surface area contributed by atoms with Gasteiger partial charge in [0.1, 0.15) is 7.05 Å². The highest BCUT2D eigenvalue weighted by atomic mass is 14.9. The van der Waals surface area contributed by atoms with E-state index in [1.807, 2.05) is 0 Å². The summed E-state index contributed by atoms with van der Waals surface area (Å²) in [5.41, 5.74) is 12.4. The number of aryl methyl sites for hydroxylation is 3. The Bertz CT molecular complexity index is 1330. The quantitative estimate of drug-likeness (QED) is 0.258. The number of rotatable bonds is 4. The predicted octanol–water partition coefficient (Wildman–Crippen LogP) is 7.80. The van der Waals surface area contributed by atoms with E-state index in [-0.39, 0.29) is 0 Å². The summed E-state index contributed by atoms with van der Waals surface area (Å²) in [6.45, 7) is 4.28. The maximum atomic E-state index is 2.35. The summed E-state index contributed by atoms with van der Waals surface area (Å²) >= 11 is 0. The molecule has 0 saturated heterocycles. The first-order valence-electron chi connectivity index (χ1n) is 11.4. The second kappa shape index (κ2) is 8.88. The van der Waals surface area contributed by atoms with Gasteiger partial charge in [-0.1, -0.05) is 90.0 Å². The van der Waals surface area contributed by atoms with Crippen LogP contribution in [0.1, 0.15) is 11.1 Å².